The Morgan fingerprint density at radius 2 is 1.76 bits per heavy atom. The van der Waals surface area contributed by atoms with Gasteiger partial charge in [0.15, 0.2) is 17.3 Å². The fourth-order valence-electron chi connectivity index (χ4n) is 4.38. The minimum atomic E-state index is -0.728. The van der Waals surface area contributed by atoms with E-state index in [4.69, 9.17) is 0 Å². The van der Waals surface area contributed by atoms with Gasteiger partial charge in [0.1, 0.15) is 11.1 Å². The van der Waals surface area contributed by atoms with Gasteiger partial charge in [-0.05, 0) is 31.4 Å². The molecule has 2 heterocycles. The molecule has 1 N–H and O–H groups in total. The van der Waals surface area contributed by atoms with E-state index < -0.39 is 5.54 Å². The van der Waals surface area contributed by atoms with Crippen LogP contribution in [0.25, 0.3) is 16.9 Å². The van der Waals surface area contributed by atoms with Gasteiger partial charge in [-0.15, -0.1) is 0 Å². The highest BCUT2D eigenvalue weighted by atomic mass is 16.3. The Morgan fingerprint density at radius 1 is 1.08 bits per heavy atom. The summed E-state index contributed by atoms with van der Waals surface area (Å²) >= 11 is 0. The molecule has 25 heavy (non-hydrogen) atoms. The Morgan fingerprint density at radius 3 is 2.40 bits per heavy atom. The highest BCUT2D eigenvalue weighted by molar-refractivity contribution is 6.27. The number of carbonyl (C=O) groups excluding carboxylic acids is 2. The molecule has 0 amide bonds. The van der Waals surface area contributed by atoms with E-state index in [1.165, 1.54) is 6.92 Å². The predicted molar refractivity (Wildman–Crippen MR) is 96.2 cm³/mol. The van der Waals surface area contributed by atoms with Crippen LogP contribution < -0.4 is 0 Å². The molecule has 0 unspecified atom stereocenters. The summed E-state index contributed by atoms with van der Waals surface area (Å²) < 4.78 is 1.93. The number of aromatic nitrogens is 1. The van der Waals surface area contributed by atoms with Gasteiger partial charge in [-0.25, -0.2) is 0 Å². The van der Waals surface area contributed by atoms with E-state index >= 15 is 0 Å². The SMILES string of the molecule is CC(=O)C1=C(O)c2c(-c3ccccc3)ccn2C2(CCCCC2)C1=O. The van der Waals surface area contributed by atoms with Gasteiger partial charge in [0.2, 0.25) is 0 Å². The minimum Gasteiger partial charge on any atom is -0.505 e. The summed E-state index contributed by atoms with van der Waals surface area (Å²) in [6, 6.07) is 11.7. The summed E-state index contributed by atoms with van der Waals surface area (Å²) in [7, 11) is 0. The number of hydrogen-bond donors (Lipinski definition) is 1. The maximum Gasteiger partial charge on any atom is 0.196 e. The lowest BCUT2D eigenvalue weighted by Gasteiger charge is -2.41. The number of allylic oxidation sites excluding steroid dienone is 1. The molecule has 1 aromatic heterocycles. The van der Waals surface area contributed by atoms with E-state index in [0.29, 0.717) is 18.5 Å². The van der Waals surface area contributed by atoms with E-state index in [0.717, 1.165) is 30.4 Å². The van der Waals surface area contributed by atoms with Crippen molar-refractivity contribution in [2.45, 2.75) is 44.6 Å². The lowest BCUT2D eigenvalue weighted by atomic mass is 9.73. The molecule has 1 aliphatic heterocycles. The van der Waals surface area contributed by atoms with Gasteiger partial charge in [0.25, 0.3) is 0 Å². The lowest BCUT2D eigenvalue weighted by Crippen LogP contribution is -2.48. The second-order valence-corrected chi connectivity index (χ2v) is 7.02. The number of rotatable bonds is 2. The number of fused-ring (bicyclic) bond motifs is 2. The van der Waals surface area contributed by atoms with Gasteiger partial charge in [0.05, 0.1) is 5.69 Å². The number of carbonyl (C=O) groups is 2. The summed E-state index contributed by atoms with van der Waals surface area (Å²) in [5, 5.41) is 10.8. The highest BCUT2D eigenvalue weighted by Crippen LogP contribution is 2.46. The van der Waals surface area contributed by atoms with Gasteiger partial charge >= 0.3 is 0 Å². The van der Waals surface area contributed by atoms with E-state index in [1.54, 1.807) is 0 Å². The van der Waals surface area contributed by atoms with Crippen LogP contribution in [0.2, 0.25) is 0 Å². The van der Waals surface area contributed by atoms with Gasteiger partial charge in [-0.3, -0.25) is 9.59 Å². The van der Waals surface area contributed by atoms with E-state index in [9.17, 15) is 14.7 Å². The van der Waals surface area contributed by atoms with Crippen molar-refractivity contribution >= 4 is 17.3 Å². The smallest absolute Gasteiger partial charge is 0.196 e. The maximum atomic E-state index is 13.2. The Balaban J connectivity index is 2.01. The summed E-state index contributed by atoms with van der Waals surface area (Å²) in [6.07, 6.45) is 6.33. The average molecular weight is 335 g/mol. The molecule has 128 valence electrons. The number of hydrogen-bond acceptors (Lipinski definition) is 3. The van der Waals surface area contributed by atoms with Crippen molar-refractivity contribution in [1.29, 1.82) is 0 Å². The van der Waals surface area contributed by atoms with Crippen LogP contribution in [0.3, 0.4) is 0 Å². The topological polar surface area (TPSA) is 59.3 Å². The first-order valence-electron chi connectivity index (χ1n) is 8.83. The molecule has 0 bridgehead atoms. The van der Waals surface area contributed by atoms with E-state index in [2.05, 4.69) is 0 Å². The van der Waals surface area contributed by atoms with Crippen LogP contribution in [-0.2, 0) is 15.1 Å². The van der Waals surface area contributed by atoms with Crippen LogP contribution in [0.1, 0.15) is 44.7 Å². The first kappa shape index (κ1) is 15.9. The monoisotopic (exact) mass is 335 g/mol. The number of nitrogens with zero attached hydrogens (tertiary/aromatic N) is 1. The zero-order chi connectivity index (χ0) is 17.6. The summed E-state index contributed by atoms with van der Waals surface area (Å²) in [4.78, 5) is 25.4. The third-order valence-corrected chi connectivity index (χ3v) is 5.58. The molecule has 1 spiro atoms. The molecular weight excluding hydrogens is 314 g/mol. The number of Topliss-reactive ketones (excluding diaryl/α,β-unsaturated/α-hetero) is 2. The largest absolute Gasteiger partial charge is 0.505 e. The van der Waals surface area contributed by atoms with Crippen molar-refractivity contribution < 1.29 is 14.7 Å². The lowest BCUT2D eigenvalue weighted by molar-refractivity contribution is -0.128. The zero-order valence-electron chi connectivity index (χ0n) is 14.3. The number of aliphatic hydroxyl groups is 1. The first-order chi connectivity index (χ1) is 12.1. The third kappa shape index (κ3) is 2.20. The van der Waals surface area contributed by atoms with Crippen LogP contribution >= 0.6 is 0 Å². The van der Waals surface area contributed by atoms with Crippen molar-refractivity contribution in [3.05, 3.63) is 53.9 Å². The molecule has 4 heteroatoms. The number of benzene rings is 1. The molecule has 2 aromatic rings. The Kier molecular flexibility index (Phi) is 3.64. The molecule has 4 nitrogen and oxygen atoms in total. The van der Waals surface area contributed by atoms with Gasteiger partial charge < -0.3 is 9.67 Å². The molecule has 1 aromatic carbocycles. The molecule has 1 fully saturated rings. The van der Waals surface area contributed by atoms with Crippen LogP contribution in [-0.4, -0.2) is 21.2 Å². The summed E-state index contributed by atoms with van der Waals surface area (Å²) in [6.45, 7) is 1.36. The maximum absolute atomic E-state index is 13.2. The molecule has 0 saturated heterocycles. The van der Waals surface area contributed by atoms with Crippen LogP contribution in [0.15, 0.2) is 48.2 Å². The summed E-state index contributed by atoms with van der Waals surface area (Å²) in [5.74, 6) is -0.767. The van der Waals surface area contributed by atoms with Crippen molar-refractivity contribution in [3.8, 4) is 11.1 Å². The second kappa shape index (κ2) is 5.73. The normalized spacial score (nSPS) is 19.2. The van der Waals surface area contributed by atoms with Gasteiger partial charge in [-0.1, -0.05) is 49.6 Å². The fraction of sp³-hybridized carbons (Fsp3) is 0.333. The number of aliphatic hydroxyl groups excluding tert-OH is 1. The molecule has 0 radical (unpaired) electrons. The zero-order valence-corrected chi connectivity index (χ0v) is 14.3. The van der Waals surface area contributed by atoms with Crippen molar-refractivity contribution in [2.24, 2.45) is 0 Å². The van der Waals surface area contributed by atoms with Crippen LogP contribution in [0.5, 0.6) is 0 Å². The van der Waals surface area contributed by atoms with Crippen molar-refractivity contribution in [1.82, 2.24) is 4.57 Å². The molecule has 4 rings (SSSR count). The molecule has 0 atom stereocenters. The first-order valence-corrected chi connectivity index (χ1v) is 8.83. The molecular formula is C21H21NO3. The minimum absolute atomic E-state index is 0.0368. The average Bonchev–Trinajstić information content (AvgIpc) is 3.08. The molecule has 1 saturated carbocycles. The molecule has 2 aliphatic rings. The molecule has 1 aliphatic carbocycles. The van der Waals surface area contributed by atoms with E-state index in [-0.39, 0.29) is 22.9 Å². The Hall–Kier alpha value is -2.62. The Bertz CT molecular complexity index is 883. The predicted octanol–water partition coefficient (Wildman–Crippen LogP) is 4.26. The number of ketones is 2. The van der Waals surface area contributed by atoms with Crippen molar-refractivity contribution in [3.63, 3.8) is 0 Å². The Labute approximate surface area is 146 Å². The van der Waals surface area contributed by atoms with E-state index in [1.807, 2.05) is 47.2 Å². The van der Waals surface area contributed by atoms with Crippen molar-refractivity contribution in [2.75, 3.05) is 0 Å². The fourth-order valence-corrected chi connectivity index (χ4v) is 4.38. The highest BCUT2D eigenvalue weighted by Gasteiger charge is 2.49. The summed E-state index contributed by atoms with van der Waals surface area (Å²) in [5.41, 5.74) is 1.65. The second-order valence-electron chi connectivity index (χ2n) is 7.02. The van der Waals surface area contributed by atoms with Crippen LogP contribution in [0.4, 0.5) is 0 Å². The third-order valence-electron chi connectivity index (χ3n) is 5.58. The van der Waals surface area contributed by atoms with Gasteiger partial charge in [-0.2, -0.15) is 0 Å². The standard InChI is InChI=1S/C21H21NO3/c1-14(23)17-19(24)18-16(15-8-4-2-5-9-15)10-13-22(18)21(20(17)25)11-6-3-7-12-21/h2,4-5,8-10,13,24H,3,6-7,11-12H2,1H3. The van der Waals surface area contributed by atoms with Gasteiger partial charge in [0, 0.05) is 11.8 Å². The quantitative estimate of drug-likeness (QED) is 0.835. The van der Waals surface area contributed by atoms with Crippen LogP contribution in [0, 0.1) is 0 Å².